The second kappa shape index (κ2) is 7.94. The summed E-state index contributed by atoms with van der Waals surface area (Å²) in [6.07, 6.45) is 1.85. The van der Waals surface area contributed by atoms with E-state index < -0.39 is 0 Å². The summed E-state index contributed by atoms with van der Waals surface area (Å²) in [5, 5.41) is 16.3. The maximum absolute atomic E-state index is 12.3. The molecule has 2 N–H and O–H groups in total. The molecule has 25 heavy (non-hydrogen) atoms. The van der Waals surface area contributed by atoms with Gasteiger partial charge in [0.15, 0.2) is 0 Å². The van der Waals surface area contributed by atoms with E-state index in [9.17, 15) is 4.79 Å². The van der Waals surface area contributed by atoms with E-state index in [1.54, 1.807) is 16.0 Å². The second-order valence-electron chi connectivity index (χ2n) is 5.84. The van der Waals surface area contributed by atoms with Crippen LogP contribution in [0.15, 0.2) is 41.9 Å². The van der Waals surface area contributed by atoms with Crippen LogP contribution >= 0.6 is 11.3 Å². The van der Waals surface area contributed by atoms with Gasteiger partial charge in [-0.15, -0.1) is 16.4 Å². The van der Waals surface area contributed by atoms with Crippen LogP contribution in [-0.2, 0) is 13.1 Å². The van der Waals surface area contributed by atoms with Gasteiger partial charge in [0, 0.05) is 35.4 Å². The molecule has 0 fully saturated rings. The number of hydrogen-bond donors (Lipinski definition) is 2. The first kappa shape index (κ1) is 17.2. The highest BCUT2D eigenvalue weighted by atomic mass is 32.1. The first-order chi connectivity index (χ1) is 12.1. The fourth-order valence-electron chi connectivity index (χ4n) is 2.43. The van der Waals surface area contributed by atoms with E-state index in [2.05, 4.69) is 39.3 Å². The molecule has 0 spiro atoms. The van der Waals surface area contributed by atoms with Crippen molar-refractivity contribution in [3.05, 3.63) is 63.6 Å². The lowest BCUT2D eigenvalue weighted by Crippen LogP contribution is -2.27. The summed E-state index contributed by atoms with van der Waals surface area (Å²) in [7, 11) is 0. The van der Waals surface area contributed by atoms with Gasteiger partial charge in [0.2, 0.25) is 0 Å². The maximum Gasteiger partial charge on any atom is 0.251 e. The number of rotatable bonds is 7. The van der Waals surface area contributed by atoms with Crippen molar-refractivity contribution in [3.63, 3.8) is 0 Å². The molecule has 6 nitrogen and oxygen atoms in total. The molecule has 0 aliphatic heterocycles. The molecule has 1 aromatic carbocycles. The summed E-state index contributed by atoms with van der Waals surface area (Å²) in [5.41, 5.74) is 3.73. The molecule has 0 radical (unpaired) electrons. The molecule has 0 saturated heterocycles. The molecule has 0 unspecified atom stereocenters. The lowest BCUT2D eigenvalue weighted by Gasteiger charge is -2.09. The molecule has 2 aromatic heterocycles. The van der Waals surface area contributed by atoms with Crippen LogP contribution in [0.25, 0.3) is 0 Å². The number of aryl methyl sites for hydroxylation is 2. The van der Waals surface area contributed by atoms with E-state index in [-0.39, 0.29) is 5.91 Å². The van der Waals surface area contributed by atoms with E-state index in [0.717, 1.165) is 17.9 Å². The Balaban J connectivity index is 1.53. The van der Waals surface area contributed by atoms with Gasteiger partial charge in [-0.1, -0.05) is 11.3 Å². The van der Waals surface area contributed by atoms with Crippen LogP contribution in [0.5, 0.6) is 0 Å². The van der Waals surface area contributed by atoms with Gasteiger partial charge >= 0.3 is 0 Å². The Kier molecular flexibility index (Phi) is 5.45. The van der Waals surface area contributed by atoms with Crippen LogP contribution in [0.3, 0.4) is 0 Å². The Labute approximate surface area is 150 Å². The Bertz CT molecular complexity index is 855. The molecule has 0 aliphatic carbocycles. The minimum absolute atomic E-state index is 0.0900. The Morgan fingerprint density at radius 1 is 1.28 bits per heavy atom. The second-order valence-corrected chi connectivity index (χ2v) is 6.84. The van der Waals surface area contributed by atoms with Crippen molar-refractivity contribution in [2.24, 2.45) is 0 Å². The van der Waals surface area contributed by atoms with Gasteiger partial charge < -0.3 is 10.6 Å². The molecule has 7 heteroatoms. The van der Waals surface area contributed by atoms with Crippen molar-refractivity contribution < 1.29 is 4.79 Å². The molecular weight excluding hydrogens is 334 g/mol. The number of carbonyl (C=O) groups excluding carboxylic acids is 1. The normalized spacial score (nSPS) is 10.6. The van der Waals surface area contributed by atoms with Crippen LogP contribution < -0.4 is 10.6 Å². The summed E-state index contributed by atoms with van der Waals surface area (Å²) in [4.78, 5) is 13.6. The first-order valence-corrected chi connectivity index (χ1v) is 9.01. The van der Waals surface area contributed by atoms with Gasteiger partial charge in [-0.05, 0) is 49.1 Å². The van der Waals surface area contributed by atoms with E-state index in [1.807, 2.05) is 37.4 Å². The van der Waals surface area contributed by atoms with Crippen LogP contribution in [-0.4, -0.2) is 27.4 Å². The lowest BCUT2D eigenvalue weighted by molar-refractivity contribution is 0.0952. The molecule has 1 amide bonds. The number of amides is 1. The van der Waals surface area contributed by atoms with E-state index >= 15 is 0 Å². The molecule has 3 aromatic rings. The number of carbonyl (C=O) groups is 1. The predicted octanol–water partition coefficient (Wildman–Crippen LogP) is 3.00. The smallest absolute Gasteiger partial charge is 0.251 e. The zero-order valence-corrected chi connectivity index (χ0v) is 15.1. The average Bonchev–Trinajstić information content (AvgIpc) is 3.21. The zero-order valence-electron chi connectivity index (χ0n) is 14.3. The van der Waals surface area contributed by atoms with Crippen molar-refractivity contribution in [1.29, 1.82) is 0 Å². The van der Waals surface area contributed by atoms with Crippen molar-refractivity contribution in [3.8, 4) is 0 Å². The summed E-state index contributed by atoms with van der Waals surface area (Å²) in [6.45, 7) is 5.86. The molecule has 0 atom stereocenters. The number of benzene rings is 1. The standard InChI is InChI=1S/C18H21N5OS/c1-13-6-9-25-17(13)11-20-16-5-3-4-15(10-16)18(24)19-7-8-23-12-14(2)21-22-23/h3-6,9-10,12,20H,7-8,11H2,1-2H3,(H,19,24). The number of aromatic nitrogens is 3. The van der Waals surface area contributed by atoms with Gasteiger partial charge in [0.1, 0.15) is 0 Å². The summed E-state index contributed by atoms with van der Waals surface area (Å²) >= 11 is 1.73. The number of nitrogens with one attached hydrogen (secondary N) is 2. The first-order valence-electron chi connectivity index (χ1n) is 8.13. The maximum atomic E-state index is 12.3. The van der Waals surface area contributed by atoms with Crippen molar-refractivity contribution >= 4 is 22.9 Å². The third kappa shape index (κ3) is 4.67. The quantitative estimate of drug-likeness (QED) is 0.683. The largest absolute Gasteiger partial charge is 0.380 e. The molecule has 0 saturated carbocycles. The Hall–Kier alpha value is -2.67. The molecule has 0 bridgehead atoms. The van der Waals surface area contributed by atoms with Gasteiger partial charge in [-0.3, -0.25) is 9.48 Å². The molecule has 3 rings (SSSR count). The minimum atomic E-state index is -0.0900. The van der Waals surface area contributed by atoms with E-state index in [4.69, 9.17) is 0 Å². The highest BCUT2D eigenvalue weighted by molar-refractivity contribution is 7.10. The van der Waals surface area contributed by atoms with Crippen LogP contribution in [0.4, 0.5) is 5.69 Å². The van der Waals surface area contributed by atoms with Gasteiger partial charge in [0.25, 0.3) is 5.91 Å². The van der Waals surface area contributed by atoms with Crippen molar-refractivity contribution in [1.82, 2.24) is 20.3 Å². The highest BCUT2D eigenvalue weighted by Crippen LogP contribution is 2.18. The average molecular weight is 355 g/mol. The van der Waals surface area contributed by atoms with Crippen molar-refractivity contribution in [2.45, 2.75) is 26.9 Å². The fraction of sp³-hybridized carbons (Fsp3) is 0.278. The Morgan fingerprint density at radius 3 is 2.88 bits per heavy atom. The topological polar surface area (TPSA) is 71.8 Å². The summed E-state index contributed by atoms with van der Waals surface area (Å²) in [5.74, 6) is -0.0900. The monoisotopic (exact) mass is 355 g/mol. The third-order valence-electron chi connectivity index (χ3n) is 3.83. The van der Waals surface area contributed by atoms with Crippen LogP contribution in [0.2, 0.25) is 0 Å². The third-order valence-corrected chi connectivity index (χ3v) is 4.85. The number of nitrogens with zero attached hydrogens (tertiary/aromatic N) is 3. The van der Waals surface area contributed by atoms with Crippen LogP contribution in [0.1, 0.15) is 26.5 Å². The number of thiophene rings is 1. The predicted molar refractivity (Wildman–Crippen MR) is 99.9 cm³/mol. The highest BCUT2D eigenvalue weighted by Gasteiger charge is 2.07. The molecular formula is C18H21N5OS. The number of anilines is 1. The van der Waals surface area contributed by atoms with E-state index in [0.29, 0.717) is 18.7 Å². The number of hydrogen-bond acceptors (Lipinski definition) is 5. The lowest BCUT2D eigenvalue weighted by atomic mass is 10.2. The zero-order chi connectivity index (χ0) is 17.6. The van der Waals surface area contributed by atoms with Crippen LogP contribution in [0, 0.1) is 13.8 Å². The van der Waals surface area contributed by atoms with Gasteiger partial charge in [-0.2, -0.15) is 0 Å². The molecule has 2 heterocycles. The van der Waals surface area contributed by atoms with Gasteiger partial charge in [-0.25, -0.2) is 0 Å². The summed E-state index contributed by atoms with van der Waals surface area (Å²) in [6, 6.07) is 9.66. The molecule has 0 aliphatic rings. The molecule has 130 valence electrons. The SMILES string of the molecule is Cc1cn(CCNC(=O)c2cccc(NCc3sccc3C)c2)nn1. The van der Waals surface area contributed by atoms with Gasteiger partial charge in [0.05, 0.1) is 12.2 Å². The minimum Gasteiger partial charge on any atom is -0.380 e. The summed E-state index contributed by atoms with van der Waals surface area (Å²) < 4.78 is 1.72. The fourth-order valence-corrected chi connectivity index (χ4v) is 3.27. The Morgan fingerprint density at radius 2 is 2.16 bits per heavy atom. The van der Waals surface area contributed by atoms with Crippen molar-refractivity contribution in [2.75, 3.05) is 11.9 Å². The van der Waals surface area contributed by atoms with E-state index in [1.165, 1.54) is 10.4 Å².